The molecule has 0 unspecified atom stereocenters. The number of likely N-dealkylation sites (tertiary alicyclic amines) is 1. The summed E-state index contributed by atoms with van der Waals surface area (Å²) >= 11 is 0. The third kappa shape index (κ3) is 5.16. The minimum atomic E-state index is -0.937. The second-order valence-corrected chi connectivity index (χ2v) is 10.5. The Kier molecular flexibility index (Phi) is 7.79. The van der Waals surface area contributed by atoms with Crippen molar-refractivity contribution in [3.8, 4) is 0 Å². The number of amides is 4. The van der Waals surface area contributed by atoms with Crippen LogP contribution >= 0.6 is 0 Å². The van der Waals surface area contributed by atoms with Gasteiger partial charge in [-0.15, -0.1) is 0 Å². The second-order valence-electron chi connectivity index (χ2n) is 10.5. The summed E-state index contributed by atoms with van der Waals surface area (Å²) in [6.07, 6.45) is 2.61. The highest BCUT2D eigenvalue weighted by Crippen LogP contribution is 2.37. The molecule has 36 heavy (non-hydrogen) atoms. The number of piperidine rings is 1. The Morgan fingerprint density at radius 2 is 1.72 bits per heavy atom. The number of nitrogens with zero attached hydrogens (tertiary/aromatic N) is 3. The van der Waals surface area contributed by atoms with E-state index >= 15 is 0 Å². The molecule has 7 nitrogen and oxygen atoms in total. The lowest BCUT2D eigenvalue weighted by Gasteiger charge is -2.41. The lowest BCUT2D eigenvalue weighted by Crippen LogP contribution is -2.57. The van der Waals surface area contributed by atoms with Crippen LogP contribution in [0.15, 0.2) is 48.5 Å². The molecule has 2 aromatic rings. The van der Waals surface area contributed by atoms with Gasteiger partial charge < -0.3 is 15.1 Å². The van der Waals surface area contributed by atoms with Gasteiger partial charge in [0.05, 0.1) is 0 Å². The number of benzene rings is 2. The van der Waals surface area contributed by atoms with Gasteiger partial charge >= 0.3 is 6.03 Å². The van der Waals surface area contributed by atoms with Crippen molar-refractivity contribution in [3.05, 3.63) is 70.8 Å². The number of carbonyl (C=O) groups is 3. The highest BCUT2D eigenvalue weighted by atomic mass is 16.2. The Morgan fingerprint density at radius 3 is 2.39 bits per heavy atom. The summed E-state index contributed by atoms with van der Waals surface area (Å²) in [5, 5.41) is 3.14. The molecule has 2 saturated heterocycles. The van der Waals surface area contributed by atoms with Crippen molar-refractivity contribution in [2.45, 2.75) is 45.1 Å². The first-order valence-corrected chi connectivity index (χ1v) is 12.9. The van der Waals surface area contributed by atoms with Crippen molar-refractivity contribution in [3.63, 3.8) is 0 Å². The average molecular weight is 491 g/mol. The molecule has 0 bridgehead atoms. The second kappa shape index (κ2) is 10.8. The third-order valence-corrected chi connectivity index (χ3v) is 7.94. The molecule has 0 radical (unpaired) electrons. The third-order valence-electron chi connectivity index (χ3n) is 7.94. The molecule has 0 spiro atoms. The van der Waals surface area contributed by atoms with E-state index in [2.05, 4.69) is 17.4 Å². The quantitative estimate of drug-likeness (QED) is 0.574. The zero-order valence-corrected chi connectivity index (χ0v) is 21.9. The summed E-state index contributed by atoms with van der Waals surface area (Å²) in [6, 6.07) is 15.6. The number of carbonyl (C=O) groups excluding carboxylic acids is 3. The van der Waals surface area contributed by atoms with Crippen LogP contribution in [-0.2, 0) is 11.2 Å². The fourth-order valence-electron chi connectivity index (χ4n) is 5.51. The van der Waals surface area contributed by atoms with Gasteiger partial charge in [0.1, 0.15) is 5.54 Å². The molecule has 2 aliphatic rings. The fourth-order valence-corrected chi connectivity index (χ4v) is 5.51. The van der Waals surface area contributed by atoms with E-state index in [1.165, 1.54) is 4.90 Å². The molecule has 4 amide bonds. The lowest BCUT2D eigenvalue weighted by molar-refractivity contribution is -0.134. The van der Waals surface area contributed by atoms with Gasteiger partial charge in [-0.05, 0) is 82.3 Å². The molecule has 0 aromatic heterocycles. The summed E-state index contributed by atoms with van der Waals surface area (Å²) < 4.78 is 0. The van der Waals surface area contributed by atoms with E-state index in [0.29, 0.717) is 51.9 Å². The van der Waals surface area contributed by atoms with E-state index in [0.717, 1.165) is 22.3 Å². The molecule has 1 N–H and O–H groups in total. The largest absolute Gasteiger partial charge is 0.339 e. The standard InChI is InChI=1S/C29H38N4O3/c1-21-9-8-12-25(22(21)2)26(34)32-17-14-24(15-18-32)29(16-13-23-10-6-5-7-11-23)27(35)33(28(36)30-29)20-19-31(3)4/h5-12,24H,13-20H2,1-4H3,(H,30,36)/t29-/m1/s1. The summed E-state index contributed by atoms with van der Waals surface area (Å²) in [5.74, 6) is -0.100. The first-order chi connectivity index (χ1) is 17.2. The number of imide groups is 1. The Balaban J connectivity index is 1.52. The summed E-state index contributed by atoms with van der Waals surface area (Å²) in [5.41, 5.74) is 3.07. The number of urea groups is 1. The van der Waals surface area contributed by atoms with E-state index in [-0.39, 0.29) is 23.8 Å². The SMILES string of the molecule is Cc1cccc(C(=O)N2CCC([C@@]3(CCc4ccccc4)NC(=O)N(CCN(C)C)C3=O)CC2)c1C. The van der Waals surface area contributed by atoms with Crippen LogP contribution < -0.4 is 5.32 Å². The number of hydrogen-bond donors (Lipinski definition) is 1. The molecule has 2 fully saturated rings. The van der Waals surface area contributed by atoms with Gasteiger partial charge in [0.25, 0.3) is 11.8 Å². The van der Waals surface area contributed by atoms with Gasteiger partial charge in [-0.1, -0.05) is 42.5 Å². The van der Waals surface area contributed by atoms with Crippen molar-refractivity contribution in [1.29, 1.82) is 0 Å². The van der Waals surface area contributed by atoms with Crippen LogP contribution in [0.2, 0.25) is 0 Å². The number of hydrogen-bond acceptors (Lipinski definition) is 4. The van der Waals surface area contributed by atoms with E-state index in [9.17, 15) is 14.4 Å². The Bertz CT molecular complexity index is 1110. The first kappa shape index (κ1) is 25.9. The monoisotopic (exact) mass is 490 g/mol. The number of likely N-dealkylation sites (N-methyl/N-ethyl adjacent to an activating group) is 1. The minimum Gasteiger partial charge on any atom is -0.339 e. The predicted molar refractivity (Wildman–Crippen MR) is 141 cm³/mol. The van der Waals surface area contributed by atoms with Gasteiger partial charge in [0.15, 0.2) is 0 Å². The van der Waals surface area contributed by atoms with E-state index in [4.69, 9.17) is 0 Å². The molecular weight excluding hydrogens is 452 g/mol. The van der Waals surface area contributed by atoms with E-state index in [1.807, 2.05) is 74.1 Å². The van der Waals surface area contributed by atoms with Gasteiger partial charge in [-0.2, -0.15) is 0 Å². The van der Waals surface area contributed by atoms with Crippen molar-refractivity contribution >= 4 is 17.8 Å². The Labute approximate surface area is 214 Å². The molecule has 0 saturated carbocycles. The molecule has 2 aromatic carbocycles. The van der Waals surface area contributed by atoms with Crippen LogP contribution in [0.25, 0.3) is 0 Å². The van der Waals surface area contributed by atoms with Crippen molar-refractivity contribution < 1.29 is 14.4 Å². The van der Waals surface area contributed by atoms with Gasteiger partial charge in [0.2, 0.25) is 0 Å². The lowest BCUT2D eigenvalue weighted by atomic mass is 9.74. The minimum absolute atomic E-state index is 0.0234. The molecule has 4 rings (SSSR count). The molecule has 1 atom stereocenters. The zero-order chi connectivity index (χ0) is 25.9. The molecule has 192 valence electrons. The van der Waals surface area contributed by atoms with Gasteiger partial charge in [-0.25, -0.2) is 4.79 Å². The van der Waals surface area contributed by atoms with Gasteiger partial charge in [-0.3, -0.25) is 14.5 Å². The van der Waals surface area contributed by atoms with Gasteiger partial charge in [0, 0.05) is 31.7 Å². The maximum absolute atomic E-state index is 13.8. The number of nitrogens with one attached hydrogen (secondary N) is 1. The molecule has 0 aliphatic carbocycles. The number of aryl methyl sites for hydroxylation is 2. The highest BCUT2D eigenvalue weighted by Gasteiger charge is 2.55. The number of rotatable bonds is 8. The smallest absolute Gasteiger partial charge is 0.325 e. The average Bonchev–Trinajstić information content (AvgIpc) is 3.13. The van der Waals surface area contributed by atoms with Crippen molar-refractivity contribution in [2.24, 2.45) is 5.92 Å². The van der Waals surface area contributed by atoms with Crippen LogP contribution in [0.5, 0.6) is 0 Å². The van der Waals surface area contributed by atoms with Crippen LogP contribution in [0, 0.1) is 19.8 Å². The maximum Gasteiger partial charge on any atom is 0.325 e. The molecule has 2 aliphatic heterocycles. The molecular formula is C29H38N4O3. The van der Waals surface area contributed by atoms with Crippen LogP contribution in [0.1, 0.15) is 46.3 Å². The Hall–Kier alpha value is -3.19. The molecule has 7 heteroatoms. The summed E-state index contributed by atoms with van der Waals surface area (Å²) in [6.45, 7) is 6.15. The first-order valence-electron chi connectivity index (χ1n) is 12.9. The van der Waals surface area contributed by atoms with Crippen LogP contribution in [0.4, 0.5) is 4.79 Å². The maximum atomic E-state index is 13.8. The Morgan fingerprint density at radius 1 is 1.03 bits per heavy atom. The molecule has 2 heterocycles. The van der Waals surface area contributed by atoms with Crippen molar-refractivity contribution in [2.75, 3.05) is 40.3 Å². The van der Waals surface area contributed by atoms with Crippen molar-refractivity contribution in [1.82, 2.24) is 20.0 Å². The van der Waals surface area contributed by atoms with Crippen LogP contribution in [-0.4, -0.2) is 78.4 Å². The van der Waals surface area contributed by atoms with Crippen LogP contribution in [0.3, 0.4) is 0 Å². The predicted octanol–water partition coefficient (Wildman–Crippen LogP) is 3.64. The van der Waals surface area contributed by atoms with E-state index in [1.54, 1.807) is 0 Å². The zero-order valence-electron chi connectivity index (χ0n) is 21.9. The topological polar surface area (TPSA) is 73.0 Å². The fraction of sp³-hybridized carbons (Fsp3) is 0.483. The summed E-state index contributed by atoms with van der Waals surface area (Å²) in [7, 11) is 3.87. The summed E-state index contributed by atoms with van der Waals surface area (Å²) in [4.78, 5) is 45.4. The highest BCUT2D eigenvalue weighted by molar-refractivity contribution is 6.07. The van der Waals surface area contributed by atoms with E-state index < -0.39 is 5.54 Å². The normalized spacial score (nSPS) is 20.8.